The van der Waals surface area contributed by atoms with Crippen molar-refractivity contribution in [3.63, 3.8) is 0 Å². The number of likely N-dealkylation sites (tertiary alicyclic amines) is 1. The lowest BCUT2D eigenvalue weighted by Crippen LogP contribution is -2.46. The second-order valence-corrected chi connectivity index (χ2v) is 5.75. The third kappa shape index (κ3) is 1.16. The molecule has 2 saturated heterocycles. The highest BCUT2D eigenvalue weighted by Crippen LogP contribution is 2.30. The zero-order chi connectivity index (χ0) is 8.93. The highest BCUT2D eigenvalue weighted by molar-refractivity contribution is 7.88. The van der Waals surface area contributed by atoms with E-state index in [1.807, 2.05) is 0 Å². The average Bonchev–Trinajstić information content (AvgIpc) is 2.41. The predicted octanol–water partition coefficient (Wildman–Crippen LogP) is -0.666. The van der Waals surface area contributed by atoms with Gasteiger partial charge in [-0.15, -0.1) is 0 Å². The standard InChI is InChI=1S/C7H14N2O2S/c1-8-4-7-3-6(8)5-9(7)12(2,10)11/h6-7H,3-5H2,1-2H3/t6-,7-/m0/s1. The minimum Gasteiger partial charge on any atom is -0.300 e. The number of piperazine rings is 1. The normalized spacial score (nSPS) is 37.8. The topological polar surface area (TPSA) is 40.6 Å². The Bertz CT molecular complexity index is 286. The van der Waals surface area contributed by atoms with Crippen LogP contribution in [0.4, 0.5) is 0 Å². The molecular formula is C7H14N2O2S. The second-order valence-electron chi connectivity index (χ2n) is 3.82. The van der Waals surface area contributed by atoms with Crippen LogP contribution in [0.3, 0.4) is 0 Å². The Labute approximate surface area is 73.2 Å². The van der Waals surface area contributed by atoms with Crippen LogP contribution in [0.15, 0.2) is 0 Å². The minimum atomic E-state index is -2.95. The van der Waals surface area contributed by atoms with Crippen LogP contribution in [0.2, 0.25) is 0 Å². The molecule has 2 heterocycles. The van der Waals surface area contributed by atoms with Crippen LogP contribution in [-0.2, 0) is 10.0 Å². The van der Waals surface area contributed by atoms with E-state index in [1.54, 1.807) is 4.31 Å². The fourth-order valence-corrected chi connectivity index (χ4v) is 3.37. The maximum absolute atomic E-state index is 11.2. The van der Waals surface area contributed by atoms with Gasteiger partial charge in [-0.1, -0.05) is 0 Å². The third-order valence-corrected chi connectivity index (χ3v) is 4.19. The first-order valence-electron chi connectivity index (χ1n) is 4.15. The first-order valence-corrected chi connectivity index (χ1v) is 6.00. The van der Waals surface area contributed by atoms with Gasteiger partial charge in [0, 0.05) is 25.2 Å². The average molecular weight is 190 g/mol. The lowest BCUT2D eigenvalue weighted by atomic mass is 10.2. The Morgan fingerprint density at radius 2 is 1.92 bits per heavy atom. The summed E-state index contributed by atoms with van der Waals surface area (Å²) in [7, 11) is -0.890. The number of likely N-dealkylation sites (N-methyl/N-ethyl adjacent to an activating group) is 1. The Morgan fingerprint density at radius 3 is 2.25 bits per heavy atom. The smallest absolute Gasteiger partial charge is 0.211 e. The molecule has 0 N–H and O–H groups in total. The van der Waals surface area contributed by atoms with Crippen LogP contribution in [0.1, 0.15) is 6.42 Å². The van der Waals surface area contributed by atoms with Crippen molar-refractivity contribution in [3.05, 3.63) is 0 Å². The van der Waals surface area contributed by atoms with E-state index in [4.69, 9.17) is 0 Å². The number of hydrogen-bond donors (Lipinski definition) is 0. The Hall–Kier alpha value is -0.130. The van der Waals surface area contributed by atoms with Crippen LogP contribution in [0.5, 0.6) is 0 Å². The lowest BCUT2D eigenvalue weighted by molar-refractivity contribution is 0.217. The van der Waals surface area contributed by atoms with Gasteiger partial charge >= 0.3 is 0 Å². The van der Waals surface area contributed by atoms with Gasteiger partial charge in [-0.25, -0.2) is 8.42 Å². The van der Waals surface area contributed by atoms with Crippen molar-refractivity contribution in [1.29, 1.82) is 0 Å². The van der Waals surface area contributed by atoms with Gasteiger partial charge < -0.3 is 4.90 Å². The van der Waals surface area contributed by atoms with E-state index in [1.165, 1.54) is 6.26 Å². The number of sulfonamides is 1. The summed E-state index contributed by atoms with van der Waals surface area (Å²) in [6, 6.07) is 0.708. The molecule has 2 bridgehead atoms. The fourth-order valence-electron chi connectivity index (χ4n) is 2.24. The molecule has 0 aromatic rings. The molecule has 0 unspecified atom stereocenters. The van der Waals surface area contributed by atoms with Gasteiger partial charge in [-0.3, -0.25) is 0 Å². The molecule has 4 nitrogen and oxygen atoms in total. The lowest BCUT2D eigenvalue weighted by Gasteiger charge is -2.29. The summed E-state index contributed by atoms with van der Waals surface area (Å²) < 4.78 is 24.1. The first kappa shape index (κ1) is 8.47. The summed E-state index contributed by atoms with van der Waals surface area (Å²) in [4.78, 5) is 2.24. The maximum atomic E-state index is 11.2. The predicted molar refractivity (Wildman–Crippen MR) is 46.4 cm³/mol. The van der Waals surface area contributed by atoms with Crippen molar-refractivity contribution in [3.8, 4) is 0 Å². The SMILES string of the molecule is CN1C[C@@H]2C[C@H]1CN2S(C)(=O)=O. The summed E-state index contributed by atoms with van der Waals surface area (Å²) in [6.45, 7) is 1.59. The fraction of sp³-hybridized carbons (Fsp3) is 1.00. The summed E-state index contributed by atoms with van der Waals surface area (Å²) >= 11 is 0. The molecule has 2 atom stereocenters. The molecule has 70 valence electrons. The van der Waals surface area contributed by atoms with Crippen molar-refractivity contribution in [1.82, 2.24) is 9.21 Å². The molecule has 2 aliphatic rings. The van der Waals surface area contributed by atoms with E-state index in [9.17, 15) is 8.42 Å². The van der Waals surface area contributed by atoms with E-state index in [2.05, 4.69) is 11.9 Å². The quantitative estimate of drug-likeness (QED) is 0.551. The number of fused-ring (bicyclic) bond motifs is 2. The number of rotatable bonds is 1. The molecule has 0 saturated carbocycles. The van der Waals surface area contributed by atoms with Gasteiger partial charge in [0.25, 0.3) is 0 Å². The molecule has 0 aliphatic carbocycles. The van der Waals surface area contributed by atoms with Crippen molar-refractivity contribution in [2.45, 2.75) is 18.5 Å². The molecule has 0 radical (unpaired) electrons. The summed E-state index contributed by atoms with van der Waals surface area (Å²) in [5.41, 5.74) is 0. The van der Waals surface area contributed by atoms with E-state index in [0.717, 1.165) is 13.0 Å². The van der Waals surface area contributed by atoms with Gasteiger partial charge in [0.05, 0.1) is 6.26 Å². The number of nitrogens with zero attached hydrogens (tertiary/aromatic N) is 2. The van der Waals surface area contributed by atoms with Crippen LogP contribution in [0, 0.1) is 0 Å². The maximum Gasteiger partial charge on any atom is 0.211 e. The van der Waals surface area contributed by atoms with Crippen molar-refractivity contribution >= 4 is 10.0 Å². The highest BCUT2D eigenvalue weighted by Gasteiger charge is 2.45. The molecule has 2 fully saturated rings. The minimum absolute atomic E-state index is 0.245. The Morgan fingerprint density at radius 1 is 1.25 bits per heavy atom. The molecule has 0 aromatic heterocycles. The third-order valence-electron chi connectivity index (χ3n) is 2.89. The molecule has 2 rings (SSSR count). The molecule has 2 aliphatic heterocycles. The van der Waals surface area contributed by atoms with E-state index < -0.39 is 10.0 Å². The second kappa shape index (κ2) is 2.43. The van der Waals surface area contributed by atoms with Crippen LogP contribution < -0.4 is 0 Å². The van der Waals surface area contributed by atoms with E-state index >= 15 is 0 Å². The van der Waals surface area contributed by atoms with Gasteiger partial charge in [0.15, 0.2) is 0 Å². The summed E-state index contributed by atoms with van der Waals surface area (Å²) in [6.07, 6.45) is 2.32. The first-order chi connectivity index (χ1) is 5.48. The molecular weight excluding hydrogens is 176 g/mol. The Balaban J connectivity index is 2.18. The van der Waals surface area contributed by atoms with Crippen LogP contribution in [0.25, 0.3) is 0 Å². The van der Waals surface area contributed by atoms with Crippen molar-refractivity contribution in [2.24, 2.45) is 0 Å². The largest absolute Gasteiger partial charge is 0.300 e. The van der Waals surface area contributed by atoms with E-state index in [-0.39, 0.29) is 6.04 Å². The monoisotopic (exact) mass is 190 g/mol. The van der Waals surface area contributed by atoms with Gasteiger partial charge in [0.1, 0.15) is 0 Å². The molecule has 0 aromatic carbocycles. The number of hydrogen-bond acceptors (Lipinski definition) is 3. The van der Waals surface area contributed by atoms with Gasteiger partial charge in [0.2, 0.25) is 10.0 Å². The summed E-state index contributed by atoms with van der Waals surface area (Å²) in [5, 5.41) is 0. The van der Waals surface area contributed by atoms with Crippen LogP contribution >= 0.6 is 0 Å². The molecule has 0 spiro atoms. The van der Waals surface area contributed by atoms with Crippen molar-refractivity contribution < 1.29 is 8.42 Å². The molecule has 5 heteroatoms. The van der Waals surface area contributed by atoms with Gasteiger partial charge in [-0.05, 0) is 13.5 Å². The van der Waals surface area contributed by atoms with E-state index in [0.29, 0.717) is 12.6 Å². The molecule has 12 heavy (non-hydrogen) atoms. The van der Waals surface area contributed by atoms with Gasteiger partial charge in [-0.2, -0.15) is 4.31 Å². The Kier molecular flexibility index (Phi) is 1.72. The summed E-state index contributed by atoms with van der Waals surface area (Å²) in [5.74, 6) is 0. The zero-order valence-electron chi connectivity index (χ0n) is 7.40. The van der Waals surface area contributed by atoms with Crippen molar-refractivity contribution in [2.75, 3.05) is 26.4 Å². The molecule has 0 amide bonds. The zero-order valence-corrected chi connectivity index (χ0v) is 8.21. The highest BCUT2D eigenvalue weighted by atomic mass is 32.2. The van der Waals surface area contributed by atoms with Crippen LogP contribution in [-0.4, -0.2) is 56.1 Å².